The van der Waals surface area contributed by atoms with Crippen molar-refractivity contribution in [1.29, 1.82) is 0 Å². The van der Waals surface area contributed by atoms with Crippen LogP contribution in [0.15, 0.2) is 0 Å². The molecule has 7 heteroatoms. The zero-order chi connectivity index (χ0) is 13.1. The van der Waals surface area contributed by atoms with Crippen LogP contribution in [0.3, 0.4) is 0 Å². The molecule has 1 aliphatic rings. The fourth-order valence-corrected chi connectivity index (χ4v) is 1.92. The normalized spacial score (nSPS) is 22.7. The molecule has 0 bridgehead atoms. The van der Waals surface area contributed by atoms with Crippen LogP contribution in [0.5, 0.6) is 0 Å². The zero-order valence-electron chi connectivity index (χ0n) is 9.21. The summed E-state index contributed by atoms with van der Waals surface area (Å²) in [7, 11) is 0. The fourth-order valence-electron chi connectivity index (χ4n) is 1.92. The number of carbonyl (C=O) groups is 1. The Morgan fingerprint density at radius 1 is 1.35 bits per heavy atom. The van der Waals surface area contributed by atoms with E-state index in [1.807, 2.05) is 0 Å². The van der Waals surface area contributed by atoms with Gasteiger partial charge in [0.2, 0.25) is 0 Å². The third-order valence-electron chi connectivity index (χ3n) is 2.91. The molecule has 1 fully saturated rings. The number of halogens is 4. The van der Waals surface area contributed by atoms with Crippen molar-refractivity contribution >= 4 is 5.91 Å². The van der Waals surface area contributed by atoms with Crippen LogP contribution in [-0.2, 0) is 4.79 Å². The van der Waals surface area contributed by atoms with Gasteiger partial charge in [0.05, 0.1) is 12.6 Å². The van der Waals surface area contributed by atoms with Gasteiger partial charge in [-0.1, -0.05) is 12.8 Å². The molecular weight excluding hydrogens is 242 g/mol. The smallest absolute Gasteiger partial charge is 0.383 e. The summed E-state index contributed by atoms with van der Waals surface area (Å²) < 4.78 is 50.1. The summed E-state index contributed by atoms with van der Waals surface area (Å²) in [6.45, 7) is -0.489. The Hall–Kier alpha value is -0.850. The van der Waals surface area contributed by atoms with Crippen molar-refractivity contribution in [3.63, 3.8) is 0 Å². The van der Waals surface area contributed by atoms with E-state index in [-0.39, 0.29) is 6.54 Å². The van der Waals surface area contributed by atoms with E-state index in [9.17, 15) is 22.4 Å². The second-order valence-corrected chi connectivity index (χ2v) is 4.11. The van der Waals surface area contributed by atoms with Crippen molar-refractivity contribution in [3.05, 3.63) is 0 Å². The van der Waals surface area contributed by atoms with Gasteiger partial charge in [-0.15, -0.1) is 0 Å². The van der Waals surface area contributed by atoms with Gasteiger partial charge in [-0.3, -0.25) is 4.79 Å². The van der Waals surface area contributed by atoms with E-state index in [0.29, 0.717) is 24.2 Å². The van der Waals surface area contributed by atoms with Crippen molar-refractivity contribution in [1.82, 2.24) is 4.90 Å². The molecular formula is C10H15F4NO2. The van der Waals surface area contributed by atoms with E-state index < -0.39 is 30.9 Å². The number of carbonyl (C=O) groups excluding carboxylic acids is 1. The Labute approximate surface area is 96.4 Å². The maximum Gasteiger partial charge on any atom is 0.383 e. The molecule has 1 aliphatic heterocycles. The van der Waals surface area contributed by atoms with Gasteiger partial charge in [0.25, 0.3) is 5.91 Å². The minimum atomic E-state index is -4.67. The topological polar surface area (TPSA) is 40.5 Å². The van der Waals surface area contributed by atoms with Crippen LogP contribution < -0.4 is 0 Å². The van der Waals surface area contributed by atoms with Crippen LogP contribution in [0, 0.1) is 0 Å². The molecule has 17 heavy (non-hydrogen) atoms. The fraction of sp³-hybridized carbons (Fsp3) is 0.900. The van der Waals surface area contributed by atoms with E-state index in [1.54, 1.807) is 0 Å². The van der Waals surface area contributed by atoms with Crippen molar-refractivity contribution in [2.24, 2.45) is 0 Å². The second-order valence-electron chi connectivity index (χ2n) is 4.11. The van der Waals surface area contributed by atoms with Crippen molar-refractivity contribution in [3.8, 4) is 0 Å². The van der Waals surface area contributed by atoms with E-state index in [0.717, 1.165) is 6.42 Å². The van der Waals surface area contributed by atoms with Crippen LogP contribution in [0.4, 0.5) is 17.6 Å². The Balaban J connectivity index is 2.83. The van der Waals surface area contributed by atoms with Gasteiger partial charge in [-0.05, 0) is 12.8 Å². The molecule has 0 aromatic rings. The maximum atomic E-state index is 12.9. The minimum Gasteiger partial charge on any atom is -0.394 e. The largest absolute Gasteiger partial charge is 0.394 e. The third-order valence-corrected chi connectivity index (χ3v) is 2.91. The molecule has 1 unspecified atom stereocenters. The van der Waals surface area contributed by atoms with Gasteiger partial charge in [-0.2, -0.15) is 8.78 Å². The highest BCUT2D eigenvalue weighted by molar-refractivity contribution is 5.84. The van der Waals surface area contributed by atoms with Crippen molar-refractivity contribution < 1.29 is 27.5 Å². The number of likely N-dealkylation sites (tertiary alicyclic amines) is 1. The molecule has 0 aliphatic carbocycles. The number of amides is 1. The summed E-state index contributed by atoms with van der Waals surface area (Å²) in [5.41, 5.74) is 0. The summed E-state index contributed by atoms with van der Waals surface area (Å²) in [4.78, 5) is 12.1. The zero-order valence-corrected chi connectivity index (χ0v) is 9.21. The van der Waals surface area contributed by atoms with Crippen LogP contribution in [-0.4, -0.2) is 47.5 Å². The number of hydrogen-bond acceptors (Lipinski definition) is 2. The molecule has 1 atom stereocenters. The number of nitrogens with zero attached hydrogens (tertiary/aromatic N) is 1. The lowest BCUT2D eigenvalue weighted by Crippen LogP contribution is -2.52. The highest BCUT2D eigenvalue weighted by Gasteiger charge is 2.52. The Morgan fingerprint density at radius 3 is 2.53 bits per heavy atom. The molecule has 1 saturated heterocycles. The molecule has 0 spiro atoms. The molecule has 0 aromatic carbocycles. The summed E-state index contributed by atoms with van der Waals surface area (Å²) in [5.74, 6) is -6.55. The summed E-state index contributed by atoms with van der Waals surface area (Å²) >= 11 is 0. The van der Waals surface area contributed by atoms with Gasteiger partial charge in [0, 0.05) is 6.54 Å². The summed E-state index contributed by atoms with van der Waals surface area (Å²) in [6.07, 6.45) is -1.74. The molecule has 1 heterocycles. The van der Waals surface area contributed by atoms with E-state index in [2.05, 4.69) is 0 Å². The Bertz CT molecular complexity index is 273. The SMILES string of the molecule is O=C(N1CCCCCC1CO)C(F)(F)C(F)F. The second kappa shape index (κ2) is 5.66. The predicted molar refractivity (Wildman–Crippen MR) is 52.0 cm³/mol. The van der Waals surface area contributed by atoms with Crippen LogP contribution in [0.1, 0.15) is 25.7 Å². The predicted octanol–water partition coefficient (Wildman–Crippen LogP) is 1.65. The quantitative estimate of drug-likeness (QED) is 0.781. The van der Waals surface area contributed by atoms with Crippen LogP contribution in [0.25, 0.3) is 0 Å². The maximum absolute atomic E-state index is 12.9. The number of hydrogen-bond donors (Lipinski definition) is 1. The number of alkyl halides is 4. The number of aliphatic hydroxyl groups is 1. The van der Waals surface area contributed by atoms with Crippen molar-refractivity contribution in [2.75, 3.05) is 13.2 Å². The first-order chi connectivity index (χ1) is 7.91. The van der Waals surface area contributed by atoms with E-state index >= 15 is 0 Å². The standard InChI is InChI=1S/C10H15F4NO2/c11-8(12)10(13,14)9(17)15-5-3-1-2-4-7(15)6-16/h7-8,16H,1-6H2. The highest BCUT2D eigenvalue weighted by atomic mass is 19.3. The molecule has 1 N–H and O–H groups in total. The third kappa shape index (κ3) is 3.08. The van der Waals surface area contributed by atoms with Crippen LogP contribution in [0.2, 0.25) is 0 Å². The van der Waals surface area contributed by atoms with Crippen LogP contribution >= 0.6 is 0 Å². The molecule has 3 nitrogen and oxygen atoms in total. The summed E-state index contributed by atoms with van der Waals surface area (Å²) in [6, 6.07) is -0.783. The molecule has 1 rings (SSSR count). The first kappa shape index (κ1) is 14.2. The molecule has 1 amide bonds. The average molecular weight is 257 g/mol. The molecule has 0 radical (unpaired) electrons. The Morgan fingerprint density at radius 2 is 2.00 bits per heavy atom. The number of rotatable bonds is 3. The highest BCUT2D eigenvalue weighted by Crippen LogP contribution is 2.28. The van der Waals surface area contributed by atoms with E-state index in [4.69, 9.17) is 5.11 Å². The van der Waals surface area contributed by atoms with Gasteiger partial charge in [0.1, 0.15) is 0 Å². The average Bonchev–Trinajstić information content (AvgIpc) is 2.52. The van der Waals surface area contributed by atoms with Crippen molar-refractivity contribution in [2.45, 2.75) is 44.1 Å². The number of aliphatic hydroxyl groups excluding tert-OH is 1. The van der Waals surface area contributed by atoms with Gasteiger partial charge < -0.3 is 10.0 Å². The molecule has 100 valence electrons. The van der Waals surface area contributed by atoms with Gasteiger partial charge in [-0.25, -0.2) is 8.78 Å². The van der Waals surface area contributed by atoms with Gasteiger partial charge >= 0.3 is 12.3 Å². The lowest BCUT2D eigenvalue weighted by Gasteiger charge is -2.31. The lowest BCUT2D eigenvalue weighted by atomic mass is 10.1. The lowest BCUT2D eigenvalue weighted by molar-refractivity contribution is -0.183. The Kier molecular flexibility index (Phi) is 4.73. The van der Waals surface area contributed by atoms with E-state index in [1.165, 1.54) is 0 Å². The minimum absolute atomic E-state index is 0.00757. The molecule has 0 saturated carbocycles. The molecule has 0 aromatic heterocycles. The van der Waals surface area contributed by atoms with Gasteiger partial charge in [0.15, 0.2) is 0 Å². The first-order valence-corrected chi connectivity index (χ1v) is 5.49. The monoisotopic (exact) mass is 257 g/mol. The first-order valence-electron chi connectivity index (χ1n) is 5.49. The summed E-state index contributed by atoms with van der Waals surface area (Å²) in [5, 5.41) is 9.01.